The van der Waals surface area contributed by atoms with Crippen LogP contribution in [0.2, 0.25) is 0 Å². The van der Waals surface area contributed by atoms with Crippen molar-refractivity contribution in [3.8, 4) is 11.4 Å². The highest BCUT2D eigenvalue weighted by molar-refractivity contribution is 5.55. The summed E-state index contributed by atoms with van der Waals surface area (Å²) in [7, 11) is 0. The van der Waals surface area contributed by atoms with Crippen LogP contribution in [0.1, 0.15) is 82.0 Å². The van der Waals surface area contributed by atoms with Crippen LogP contribution in [0.5, 0.6) is 0 Å². The standard InChI is InChI=1S/C24H34N2/c1-3-5-7-9-19-11-14-21(15-12-19)24-25-18-22-17-20(10-8-6-4-2)13-16-23(22)26-24/h11-12,14-15,18,20H,3-10,13,16-17H2,1-2H3. The number of fused-ring (bicyclic) bond motifs is 1. The summed E-state index contributed by atoms with van der Waals surface area (Å²) in [6.45, 7) is 4.53. The summed E-state index contributed by atoms with van der Waals surface area (Å²) in [5, 5.41) is 0. The third-order valence-corrected chi connectivity index (χ3v) is 5.75. The Labute approximate surface area is 159 Å². The van der Waals surface area contributed by atoms with Crippen LogP contribution in [-0.4, -0.2) is 9.97 Å². The van der Waals surface area contributed by atoms with E-state index in [1.165, 1.54) is 81.0 Å². The van der Waals surface area contributed by atoms with Gasteiger partial charge in [-0.05, 0) is 49.1 Å². The predicted molar refractivity (Wildman–Crippen MR) is 110 cm³/mol. The molecular formula is C24H34N2. The molecule has 0 aliphatic heterocycles. The first-order valence-electron chi connectivity index (χ1n) is 10.7. The van der Waals surface area contributed by atoms with E-state index in [4.69, 9.17) is 4.98 Å². The lowest BCUT2D eigenvalue weighted by molar-refractivity contribution is 0.404. The Morgan fingerprint density at radius 2 is 1.73 bits per heavy atom. The van der Waals surface area contributed by atoms with E-state index in [-0.39, 0.29) is 0 Å². The van der Waals surface area contributed by atoms with Crippen molar-refractivity contribution >= 4 is 0 Å². The Morgan fingerprint density at radius 1 is 0.962 bits per heavy atom. The van der Waals surface area contributed by atoms with Crippen molar-refractivity contribution in [2.75, 3.05) is 0 Å². The van der Waals surface area contributed by atoms with Crippen LogP contribution >= 0.6 is 0 Å². The molecule has 2 heteroatoms. The smallest absolute Gasteiger partial charge is 0.159 e. The Balaban J connectivity index is 1.62. The van der Waals surface area contributed by atoms with Gasteiger partial charge in [0.2, 0.25) is 0 Å². The Bertz CT molecular complexity index is 675. The second-order valence-corrected chi connectivity index (χ2v) is 7.92. The fourth-order valence-electron chi connectivity index (χ4n) is 4.05. The number of nitrogens with zero attached hydrogens (tertiary/aromatic N) is 2. The average Bonchev–Trinajstić information content (AvgIpc) is 2.68. The highest BCUT2D eigenvalue weighted by Crippen LogP contribution is 2.29. The highest BCUT2D eigenvalue weighted by Gasteiger charge is 2.20. The van der Waals surface area contributed by atoms with Crippen LogP contribution in [0, 0.1) is 5.92 Å². The molecule has 0 amide bonds. The second-order valence-electron chi connectivity index (χ2n) is 7.92. The number of rotatable bonds is 9. The zero-order valence-corrected chi connectivity index (χ0v) is 16.6. The quantitative estimate of drug-likeness (QED) is 0.478. The molecule has 140 valence electrons. The van der Waals surface area contributed by atoms with Crippen LogP contribution < -0.4 is 0 Å². The Morgan fingerprint density at radius 3 is 2.50 bits per heavy atom. The molecule has 1 aromatic heterocycles. The van der Waals surface area contributed by atoms with Gasteiger partial charge in [-0.3, -0.25) is 0 Å². The third-order valence-electron chi connectivity index (χ3n) is 5.75. The minimum atomic E-state index is 0.839. The molecule has 3 rings (SSSR count). The summed E-state index contributed by atoms with van der Waals surface area (Å²) >= 11 is 0. The molecule has 0 radical (unpaired) electrons. The zero-order valence-electron chi connectivity index (χ0n) is 16.6. The van der Waals surface area contributed by atoms with E-state index in [2.05, 4.69) is 49.3 Å². The van der Waals surface area contributed by atoms with Gasteiger partial charge in [-0.25, -0.2) is 9.97 Å². The molecular weight excluding hydrogens is 316 g/mol. The maximum absolute atomic E-state index is 4.91. The van der Waals surface area contributed by atoms with Gasteiger partial charge in [-0.2, -0.15) is 0 Å². The van der Waals surface area contributed by atoms with Crippen molar-refractivity contribution in [1.82, 2.24) is 9.97 Å². The lowest BCUT2D eigenvalue weighted by Crippen LogP contribution is -2.16. The number of benzene rings is 1. The summed E-state index contributed by atoms with van der Waals surface area (Å²) in [5.41, 5.74) is 5.25. The van der Waals surface area contributed by atoms with E-state index in [1.807, 2.05) is 0 Å². The van der Waals surface area contributed by atoms with Gasteiger partial charge in [0.15, 0.2) is 5.82 Å². The van der Waals surface area contributed by atoms with E-state index >= 15 is 0 Å². The average molecular weight is 351 g/mol. The molecule has 1 aliphatic rings. The van der Waals surface area contributed by atoms with Crippen molar-refractivity contribution in [2.24, 2.45) is 5.92 Å². The van der Waals surface area contributed by atoms with Gasteiger partial charge < -0.3 is 0 Å². The van der Waals surface area contributed by atoms with Crippen LogP contribution in [0.15, 0.2) is 30.5 Å². The van der Waals surface area contributed by atoms with E-state index in [0.717, 1.165) is 23.7 Å². The first-order valence-corrected chi connectivity index (χ1v) is 10.7. The summed E-state index contributed by atoms with van der Waals surface area (Å²) in [5.74, 6) is 1.74. The van der Waals surface area contributed by atoms with E-state index in [0.29, 0.717) is 0 Å². The van der Waals surface area contributed by atoms with Gasteiger partial charge in [-0.15, -0.1) is 0 Å². The second kappa shape index (κ2) is 9.85. The number of hydrogen-bond acceptors (Lipinski definition) is 2. The summed E-state index contributed by atoms with van der Waals surface area (Å²) in [6, 6.07) is 8.88. The first kappa shape index (κ1) is 19.1. The van der Waals surface area contributed by atoms with Gasteiger partial charge in [0, 0.05) is 17.5 Å². The zero-order chi connectivity index (χ0) is 18.2. The third kappa shape index (κ3) is 5.16. The molecule has 0 spiro atoms. The Hall–Kier alpha value is -1.70. The summed E-state index contributed by atoms with van der Waals surface area (Å²) in [4.78, 5) is 9.60. The largest absolute Gasteiger partial charge is 0.236 e. The van der Waals surface area contributed by atoms with Crippen LogP contribution in [0.4, 0.5) is 0 Å². The molecule has 0 N–H and O–H groups in total. The molecule has 2 aromatic rings. The highest BCUT2D eigenvalue weighted by atomic mass is 14.9. The molecule has 1 heterocycles. The van der Waals surface area contributed by atoms with E-state index < -0.39 is 0 Å². The topological polar surface area (TPSA) is 25.8 Å². The predicted octanol–water partition coefficient (Wildman–Crippen LogP) is 6.56. The number of unbranched alkanes of at least 4 members (excludes halogenated alkanes) is 4. The van der Waals surface area contributed by atoms with Crippen molar-refractivity contribution in [2.45, 2.75) is 84.5 Å². The lowest BCUT2D eigenvalue weighted by atomic mass is 9.84. The monoisotopic (exact) mass is 350 g/mol. The minimum Gasteiger partial charge on any atom is -0.236 e. The van der Waals surface area contributed by atoms with E-state index in [1.54, 1.807) is 0 Å². The van der Waals surface area contributed by atoms with Crippen LogP contribution in [-0.2, 0) is 19.3 Å². The molecule has 0 fully saturated rings. The number of aromatic nitrogens is 2. The Kier molecular flexibility index (Phi) is 7.22. The fourth-order valence-corrected chi connectivity index (χ4v) is 4.05. The molecule has 0 saturated heterocycles. The van der Waals surface area contributed by atoms with Gasteiger partial charge >= 0.3 is 0 Å². The molecule has 0 saturated carbocycles. The van der Waals surface area contributed by atoms with Crippen molar-refractivity contribution < 1.29 is 0 Å². The number of hydrogen-bond donors (Lipinski definition) is 0. The molecule has 1 atom stereocenters. The molecule has 1 aliphatic carbocycles. The van der Waals surface area contributed by atoms with E-state index in [9.17, 15) is 0 Å². The van der Waals surface area contributed by atoms with Gasteiger partial charge in [0.05, 0.1) is 0 Å². The SMILES string of the molecule is CCCCCc1ccc(-c2ncc3c(n2)CCC(CCCCC)C3)cc1. The van der Waals surface area contributed by atoms with Gasteiger partial charge in [-0.1, -0.05) is 76.6 Å². The first-order chi connectivity index (χ1) is 12.8. The van der Waals surface area contributed by atoms with Crippen molar-refractivity contribution in [3.05, 3.63) is 47.3 Å². The lowest BCUT2D eigenvalue weighted by Gasteiger charge is -2.23. The summed E-state index contributed by atoms with van der Waals surface area (Å²) < 4.78 is 0. The van der Waals surface area contributed by atoms with Gasteiger partial charge in [0.25, 0.3) is 0 Å². The van der Waals surface area contributed by atoms with Crippen LogP contribution in [0.25, 0.3) is 11.4 Å². The van der Waals surface area contributed by atoms with Gasteiger partial charge in [0.1, 0.15) is 0 Å². The molecule has 1 aromatic carbocycles. The maximum Gasteiger partial charge on any atom is 0.159 e. The van der Waals surface area contributed by atoms with Crippen molar-refractivity contribution in [1.29, 1.82) is 0 Å². The molecule has 1 unspecified atom stereocenters. The van der Waals surface area contributed by atoms with Crippen LogP contribution in [0.3, 0.4) is 0 Å². The molecule has 26 heavy (non-hydrogen) atoms. The molecule has 0 bridgehead atoms. The minimum absolute atomic E-state index is 0.839. The van der Waals surface area contributed by atoms with Crippen molar-refractivity contribution in [3.63, 3.8) is 0 Å². The maximum atomic E-state index is 4.91. The summed E-state index contributed by atoms with van der Waals surface area (Å²) in [6.07, 6.45) is 16.2. The fraction of sp³-hybridized carbons (Fsp3) is 0.583. The normalized spacial score (nSPS) is 16.5. The molecule has 2 nitrogen and oxygen atoms in total. The number of aryl methyl sites for hydroxylation is 2.